The molecule has 1 aromatic carbocycles. The van der Waals surface area contributed by atoms with Gasteiger partial charge in [-0.3, -0.25) is 9.59 Å². The lowest BCUT2D eigenvalue weighted by Gasteiger charge is -2.25. The van der Waals surface area contributed by atoms with Crippen LogP contribution in [-0.4, -0.2) is 23.6 Å². The van der Waals surface area contributed by atoms with Crippen LogP contribution >= 0.6 is 0 Å². The largest absolute Gasteiger partial charge is 0.481 e. The molecule has 0 aromatic heterocycles. The number of carbonyl (C=O) groups excluding carboxylic acids is 1. The Morgan fingerprint density at radius 2 is 1.83 bits per heavy atom. The van der Waals surface area contributed by atoms with Gasteiger partial charge in [0, 0.05) is 19.1 Å². The Labute approximate surface area is 137 Å². The molecule has 0 radical (unpaired) electrons. The molecule has 5 heteroatoms. The first-order valence-corrected chi connectivity index (χ1v) is 8.26. The highest BCUT2D eigenvalue weighted by atomic mass is 16.5. The molecule has 1 fully saturated rings. The number of carboxylic acid groups (broad SMARTS) is 1. The Kier molecular flexibility index (Phi) is 6.59. The van der Waals surface area contributed by atoms with E-state index >= 15 is 0 Å². The summed E-state index contributed by atoms with van der Waals surface area (Å²) < 4.78 is 5.35. The van der Waals surface area contributed by atoms with E-state index in [4.69, 9.17) is 9.84 Å². The average molecular weight is 319 g/mol. The maximum Gasteiger partial charge on any atom is 0.306 e. The van der Waals surface area contributed by atoms with Crippen LogP contribution in [0.25, 0.3) is 0 Å². The van der Waals surface area contributed by atoms with Gasteiger partial charge in [-0.25, -0.2) is 0 Å². The minimum Gasteiger partial charge on any atom is -0.481 e. The lowest BCUT2D eigenvalue weighted by atomic mass is 9.81. The van der Waals surface area contributed by atoms with Gasteiger partial charge in [-0.2, -0.15) is 0 Å². The molecule has 2 rings (SSSR count). The highest BCUT2D eigenvalue weighted by molar-refractivity contribution is 5.80. The van der Waals surface area contributed by atoms with Gasteiger partial charge >= 0.3 is 5.97 Å². The van der Waals surface area contributed by atoms with Crippen molar-refractivity contribution in [3.8, 4) is 0 Å². The van der Waals surface area contributed by atoms with Crippen molar-refractivity contribution in [3.63, 3.8) is 0 Å². The number of rotatable bonds is 7. The van der Waals surface area contributed by atoms with Crippen LogP contribution in [0.1, 0.15) is 43.7 Å². The smallest absolute Gasteiger partial charge is 0.306 e. The van der Waals surface area contributed by atoms with Crippen molar-refractivity contribution in [2.45, 2.75) is 45.8 Å². The van der Waals surface area contributed by atoms with E-state index in [9.17, 15) is 9.59 Å². The van der Waals surface area contributed by atoms with Gasteiger partial charge in [-0.15, -0.1) is 0 Å². The number of aliphatic carboxylic acids is 1. The zero-order valence-electron chi connectivity index (χ0n) is 13.6. The lowest BCUT2D eigenvalue weighted by molar-refractivity contribution is -0.144. The molecule has 5 nitrogen and oxygen atoms in total. The fraction of sp³-hybridized carbons (Fsp3) is 0.556. The second kappa shape index (κ2) is 8.67. The van der Waals surface area contributed by atoms with Crippen molar-refractivity contribution in [1.29, 1.82) is 0 Å². The van der Waals surface area contributed by atoms with Crippen molar-refractivity contribution >= 4 is 11.9 Å². The van der Waals surface area contributed by atoms with Gasteiger partial charge in [-0.1, -0.05) is 30.7 Å². The van der Waals surface area contributed by atoms with E-state index < -0.39 is 5.97 Å². The highest BCUT2D eigenvalue weighted by Gasteiger charge is 2.30. The van der Waals surface area contributed by atoms with Crippen LogP contribution in [-0.2, 0) is 27.5 Å². The second-order valence-electron chi connectivity index (χ2n) is 6.07. The number of hydrogen-bond acceptors (Lipinski definition) is 3. The monoisotopic (exact) mass is 319 g/mol. The minimum absolute atomic E-state index is 0.0330. The maximum absolute atomic E-state index is 12.2. The summed E-state index contributed by atoms with van der Waals surface area (Å²) in [7, 11) is 0. The van der Waals surface area contributed by atoms with Crippen molar-refractivity contribution in [2.24, 2.45) is 11.8 Å². The molecule has 1 aliphatic carbocycles. The highest BCUT2D eigenvalue weighted by Crippen LogP contribution is 2.29. The molecule has 0 saturated heterocycles. The number of carbonyl (C=O) groups is 2. The molecule has 0 heterocycles. The Bertz CT molecular complexity index is 526. The third kappa shape index (κ3) is 5.36. The van der Waals surface area contributed by atoms with Gasteiger partial charge in [0.25, 0.3) is 0 Å². The summed E-state index contributed by atoms with van der Waals surface area (Å²) in [5.41, 5.74) is 2.14. The van der Waals surface area contributed by atoms with Crippen molar-refractivity contribution in [3.05, 3.63) is 35.4 Å². The lowest BCUT2D eigenvalue weighted by Crippen LogP contribution is -2.35. The quantitative estimate of drug-likeness (QED) is 0.810. The van der Waals surface area contributed by atoms with E-state index in [2.05, 4.69) is 5.32 Å². The number of hydrogen-bond donors (Lipinski definition) is 2. The van der Waals surface area contributed by atoms with E-state index in [-0.39, 0.29) is 17.7 Å². The van der Waals surface area contributed by atoms with Crippen LogP contribution in [0, 0.1) is 11.8 Å². The van der Waals surface area contributed by atoms with Crippen LogP contribution < -0.4 is 5.32 Å². The third-order valence-corrected chi connectivity index (χ3v) is 4.36. The Morgan fingerprint density at radius 1 is 1.17 bits per heavy atom. The fourth-order valence-electron chi connectivity index (χ4n) is 2.96. The average Bonchev–Trinajstić information content (AvgIpc) is 2.58. The zero-order valence-corrected chi connectivity index (χ0v) is 13.6. The predicted molar refractivity (Wildman–Crippen MR) is 86.7 cm³/mol. The topological polar surface area (TPSA) is 75.6 Å². The number of amides is 1. The first-order valence-electron chi connectivity index (χ1n) is 8.26. The Hall–Kier alpha value is -1.88. The SMILES string of the molecule is CCOCc1ccc(CNC(=O)C2CCCC(C(=O)O)C2)cc1. The second-order valence-corrected chi connectivity index (χ2v) is 6.07. The third-order valence-electron chi connectivity index (χ3n) is 4.36. The minimum atomic E-state index is -0.785. The first-order chi connectivity index (χ1) is 11.1. The maximum atomic E-state index is 12.2. The molecule has 1 aliphatic rings. The molecule has 126 valence electrons. The predicted octanol–water partition coefficient (Wildman–Crippen LogP) is 2.73. The Morgan fingerprint density at radius 3 is 2.48 bits per heavy atom. The number of carboxylic acids is 1. The van der Waals surface area contributed by atoms with Gasteiger partial charge in [-0.05, 0) is 37.3 Å². The number of nitrogens with one attached hydrogen (secondary N) is 1. The molecule has 2 unspecified atom stereocenters. The van der Waals surface area contributed by atoms with E-state index in [1.165, 1.54) is 0 Å². The fourth-order valence-corrected chi connectivity index (χ4v) is 2.96. The van der Waals surface area contributed by atoms with E-state index in [1.807, 2.05) is 31.2 Å². The molecular formula is C18H25NO4. The van der Waals surface area contributed by atoms with Crippen molar-refractivity contribution in [1.82, 2.24) is 5.32 Å². The molecule has 1 amide bonds. The van der Waals surface area contributed by atoms with Crippen LogP contribution in [0.5, 0.6) is 0 Å². The molecule has 0 bridgehead atoms. The summed E-state index contributed by atoms with van der Waals surface area (Å²) >= 11 is 0. The standard InChI is InChI=1S/C18H25NO4/c1-2-23-12-14-8-6-13(7-9-14)11-19-17(20)15-4-3-5-16(10-15)18(21)22/h6-9,15-16H,2-5,10-12H2,1H3,(H,19,20)(H,21,22). The van der Waals surface area contributed by atoms with Gasteiger partial charge in [0.2, 0.25) is 5.91 Å². The van der Waals surface area contributed by atoms with Crippen molar-refractivity contribution < 1.29 is 19.4 Å². The molecule has 1 aromatic rings. The van der Waals surface area contributed by atoms with Crippen LogP contribution in [0.4, 0.5) is 0 Å². The summed E-state index contributed by atoms with van der Waals surface area (Å²) in [5, 5.41) is 12.0. The zero-order chi connectivity index (χ0) is 16.7. The summed E-state index contributed by atoms with van der Waals surface area (Å²) in [6.45, 7) is 3.73. The van der Waals surface area contributed by atoms with Crippen LogP contribution in [0.15, 0.2) is 24.3 Å². The Balaban J connectivity index is 1.80. The first kappa shape index (κ1) is 17.5. The molecule has 0 aliphatic heterocycles. The van der Waals surface area contributed by atoms with Crippen LogP contribution in [0.2, 0.25) is 0 Å². The summed E-state index contributed by atoms with van der Waals surface area (Å²) in [6.07, 6.45) is 2.72. The van der Waals surface area contributed by atoms with E-state index in [0.717, 1.165) is 24.0 Å². The van der Waals surface area contributed by atoms with Crippen molar-refractivity contribution in [2.75, 3.05) is 6.61 Å². The molecule has 0 spiro atoms. The van der Waals surface area contributed by atoms with Gasteiger partial charge in [0.05, 0.1) is 12.5 Å². The normalized spacial score (nSPS) is 20.9. The molecule has 23 heavy (non-hydrogen) atoms. The molecule has 2 N–H and O–H groups in total. The van der Waals surface area contributed by atoms with Gasteiger partial charge < -0.3 is 15.2 Å². The number of ether oxygens (including phenoxy) is 1. The molecule has 1 saturated carbocycles. The molecular weight excluding hydrogens is 294 g/mol. The van der Waals surface area contributed by atoms with Gasteiger partial charge in [0.1, 0.15) is 0 Å². The number of benzene rings is 1. The van der Waals surface area contributed by atoms with E-state index in [0.29, 0.717) is 32.6 Å². The summed E-state index contributed by atoms with van der Waals surface area (Å²) in [6, 6.07) is 7.96. The summed E-state index contributed by atoms with van der Waals surface area (Å²) in [5.74, 6) is -1.37. The van der Waals surface area contributed by atoms with E-state index in [1.54, 1.807) is 0 Å². The summed E-state index contributed by atoms with van der Waals surface area (Å²) in [4.78, 5) is 23.3. The van der Waals surface area contributed by atoms with Gasteiger partial charge in [0.15, 0.2) is 0 Å². The van der Waals surface area contributed by atoms with Crippen LogP contribution in [0.3, 0.4) is 0 Å². The molecule has 2 atom stereocenters.